The third-order valence-corrected chi connectivity index (χ3v) is 4.58. The summed E-state index contributed by atoms with van der Waals surface area (Å²) in [6.07, 6.45) is 2.12. The molecule has 1 aliphatic carbocycles. The number of aliphatic carboxylic acids is 1. The van der Waals surface area contributed by atoms with Crippen molar-refractivity contribution < 1.29 is 9.90 Å². The Morgan fingerprint density at radius 3 is 2.76 bits per heavy atom. The Kier molecular flexibility index (Phi) is 3.64. The number of rotatable bonds is 6. The van der Waals surface area contributed by atoms with Gasteiger partial charge in [-0.05, 0) is 28.8 Å². The van der Waals surface area contributed by atoms with Crippen molar-refractivity contribution in [3.63, 3.8) is 0 Å². The second-order valence-corrected chi connectivity index (χ2v) is 6.01. The summed E-state index contributed by atoms with van der Waals surface area (Å²) in [5, 5.41) is 21.7. The van der Waals surface area contributed by atoms with E-state index in [0.29, 0.717) is 16.8 Å². The van der Waals surface area contributed by atoms with Gasteiger partial charge in [-0.1, -0.05) is 42.1 Å². The third kappa shape index (κ3) is 2.77. The smallest absolute Gasteiger partial charge is 0.329 e. The van der Waals surface area contributed by atoms with Crippen LogP contribution in [-0.2, 0) is 10.3 Å². The van der Waals surface area contributed by atoms with E-state index in [2.05, 4.69) is 15.5 Å². The summed E-state index contributed by atoms with van der Waals surface area (Å²) in [7, 11) is 0. The van der Waals surface area contributed by atoms with Crippen LogP contribution in [0.15, 0.2) is 35.5 Å². The maximum atomic E-state index is 11.6. The summed E-state index contributed by atoms with van der Waals surface area (Å²) >= 11 is 1.27. The highest BCUT2D eigenvalue weighted by molar-refractivity contribution is 7.99. The number of hydrogen-bond donors (Lipinski definition) is 2. The van der Waals surface area contributed by atoms with Gasteiger partial charge in [0, 0.05) is 5.75 Å². The molecule has 0 amide bonds. The summed E-state index contributed by atoms with van der Waals surface area (Å²) < 4.78 is 1.75. The molecule has 3 rings (SSSR count). The van der Waals surface area contributed by atoms with Gasteiger partial charge in [-0.15, -0.1) is 5.10 Å². The number of aromatic nitrogens is 4. The van der Waals surface area contributed by atoms with E-state index in [-0.39, 0.29) is 5.75 Å². The van der Waals surface area contributed by atoms with Gasteiger partial charge < -0.3 is 10.8 Å². The molecule has 1 heterocycles. The largest absolute Gasteiger partial charge is 0.480 e. The fourth-order valence-electron chi connectivity index (χ4n) is 2.01. The van der Waals surface area contributed by atoms with Gasteiger partial charge in [0.05, 0.1) is 6.04 Å². The number of nitrogens with two attached hydrogens (primary N) is 1. The van der Waals surface area contributed by atoms with Crippen molar-refractivity contribution in [1.82, 2.24) is 20.2 Å². The normalized spacial score (nSPS) is 17.4. The summed E-state index contributed by atoms with van der Waals surface area (Å²) in [5.74, 6) is -0.897. The van der Waals surface area contributed by atoms with E-state index >= 15 is 0 Å². The van der Waals surface area contributed by atoms with Crippen LogP contribution in [0, 0.1) is 0 Å². The molecule has 1 aromatic heterocycles. The first-order chi connectivity index (χ1) is 10.1. The Morgan fingerprint density at radius 2 is 2.14 bits per heavy atom. The molecule has 0 bridgehead atoms. The average molecular weight is 305 g/mol. The predicted molar refractivity (Wildman–Crippen MR) is 76.8 cm³/mol. The molecule has 0 saturated heterocycles. The second kappa shape index (κ2) is 5.45. The first-order valence-electron chi connectivity index (χ1n) is 6.60. The van der Waals surface area contributed by atoms with E-state index in [4.69, 9.17) is 5.73 Å². The number of carbonyl (C=O) groups is 1. The third-order valence-electron chi connectivity index (χ3n) is 3.45. The van der Waals surface area contributed by atoms with Crippen molar-refractivity contribution in [2.45, 2.75) is 29.6 Å². The lowest BCUT2D eigenvalue weighted by atomic mass is 9.93. The number of hydrogen-bond acceptors (Lipinski definition) is 6. The fourth-order valence-corrected chi connectivity index (χ4v) is 3.07. The van der Waals surface area contributed by atoms with Gasteiger partial charge in [0.1, 0.15) is 5.54 Å². The number of thioether (sulfide) groups is 1. The van der Waals surface area contributed by atoms with E-state index in [1.54, 1.807) is 28.9 Å². The van der Waals surface area contributed by atoms with Crippen LogP contribution in [0.25, 0.3) is 0 Å². The Morgan fingerprint density at radius 1 is 1.43 bits per heavy atom. The van der Waals surface area contributed by atoms with Gasteiger partial charge in [-0.2, -0.15) is 0 Å². The highest BCUT2D eigenvalue weighted by Crippen LogP contribution is 2.37. The van der Waals surface area contributed by atoms with E-state index in [1.165, 1.54) is 11.8 Å². The van der Waals surface area contributed by atoms with Crippen LogP contribution in [0.2, 0.25) is 0 Å². The Balaban J connectivity index is 1.80. The topological polar surface area (TPSA) is 107 Å². The first kappa shape index (κ1) is 14.0. The van der Waals surface area contributed by atoms with Gasteiger partial charge in [-0.3, -0.25) is 0 Å². The van der Waals surface area contributed by atoms with E-state index in [9.17, 15) is 9.90 Å². The van der Waals surface area contributed by atoms with Crippen LogP contribution in [0.1, 0.15) is 24.4 Å². The molecular formula is C13H15N5O2S. The molecule has 21 heavy (non-hydrogen) atoms. The molecular weight excluding hydrogens is 290 g/mol. The molecule has 1 fully saturated rings. The van der Waals surface area contributed by atoms with Crippen LogP contribution in [0.3, 0.4) is 0 Å². The zero-order chi connectivity index (χ0) is 14.9. The summed E-state index contributed by atoms with van der Waals surface area (Å²) in [6, 6.07) is 9.16. The minimum Gasteiger partial charge on any atom is -0.480 e. The lowest BCUT2D eigenvalue weighted by Crippen LogP contribution is -2.47. The SMILES string of the molecule is NC(CSc1nnnn1C1CC1)(C(=O)O)c1ccccc1. The average Bonchev–Trinajstić information content (AvgIpc) is 3.24. The Bertz CT molecular complexity index is 643. The zero-order valence-electron chi connectivity index (χ0n) is 11.2. The molecule has 2 aromatic rings. The first-order valence-corrected chi connectivity index (χ1v) is 7.58. The maximum absolute atomic E-state index is 11.6. The van der Waals surface area contributed by atoms with Gasteiger partial charge in [0.15, 0.2) is 0 Å². The van der Waals surface area contributed by atoms with Gasteiger partial charge in [-0.25, -0.2) is 9.48 Å². The van der Waals surface area contributed by atoms with Crippen molar-refractivity contribution in [2.75, 3.05) is 5.75 Å². The summed E-state index contributed by atoms with van der Waals surface area (Å²) in [6.45, 7) is 0. The molecule has 0 spiro atoms. The fraction of sp³-hybridized carbons (Fsp3) is 0.385. The Labute approximate surface area is 125 Å². The number of benzene rings is 1. The molecule has 1 aliphatic rings. The van der Waals surface area contributed by atoms with Crippen molar-refractivity contribution in [1.29, 1.82) is 0 Å². The predicted octanol–water partition coefficient (Wildman–Crippen LogP) is 1.04. The van der Waals surface area contributed by atoms with Crippen molar-refractivity contribution in [2.24, 2.45) is 5.73 Å². The van der Waals surface area contributed by atoms with Crippen molar-refractivity contribution in [3.8, 4) is 0 Å². The lowest BCUT2D eigenvalue weighted by Gasteiger charge is -2.24. The van der Waals surface area contributed by atoms with E-state index < -0.39 is 11.5 Å². The highest BCUT2D eigenvalue weighted by atomic mass is 32.2. The number of carboxylic acids is 1. The van der Waals surface area contributed by atoms with Gasteiger partial charge >= 0.3 is 5.97 Å². The summed E-state index contributed by atoms with van der Waals surface area (Å²) in [4.78, 5) is 11.6. The second-order valence-electron chi connectivity index (χ2n) is 5.07. The van der Waals surface area contributed by atoms with Crippen LogP contribution < -0.4 is 5.73 Å². The van der Waals surface area contributed by atoms with Crippen LogP contribution in [0.4, 0.5) is 0 Å². The lowest BCUT2D eigenvalue weighted by molar-refractivity contribution is -0.142. The minimum atomic E-state index is -1.47. The quantitative estimate of drug-likeness (QED) is 0.768. The molecule has 110 valence electrons. The van der Waals surface area contributed by atoms with Crippen molar-refractivity contribution in [3.05, 3.63) is 35.9 Å². The molecule has 0 radical (unpaired) electrons. The number of carboxylic acid groups (broad SMARTS) is 1. The van der Waals surface area contributed by atoms with E-state index in [0.717, 1.165) is 12.8 Å². The molecule has 1 aromatic carbocycles. The molecule has 1 saturated carbocycles. The summed E-state index contributed by atoms with van der Waals surface area (Å²) in [5.41, 5.74) is 5.22. The van der Waals surface area contributed by atoms with Gasteiger partial charge in [0.2, 0.25) is 5.16 Å². The molecule has 0 aliphatic heterocycles. The monoisotopic (exact) mass is 305 g/mol. The molecule has 8 heteroatoms. The number of tetrazole rings is 1. The van der Waals surface area contributed by atoms with Crippen LogP contribution in [-0.4, -0.2) is 37.0 Å². The Hall–Kier alpha value is -1.93. The number of nitrogens with zero attached hydrogens (tertiary/aromatic N) is 4. The highest BCUT2D eigenvalue weighted by Gasteiger charge is 2.37. The molecule has 1 atom stereocenters. The molecule has 7 nitrogen and oxygen atoms in total. The van der Waals surface area contributed by atoms with Crippen molar-refractivity contribution >= 4 is 17.7 Å². The minimum absolute atomic E-state index is 0.166. The van der Waals surface area contributed by atoms with Gasteiger partial charge in [0.25, 0.3) is 0 Å². The molecule has 1 unspecified atom stereocenters. The van der Waals surface area contributed by atoms with Crippen LogP contribution >= 0.6 is 11.8 Å². The molecule has 3 N–H and O–H groups in total. The standard InChI is InChI=1S/C13H15N5O2S/c14-13(11(19)20,9-4-2-1-3-5-9)8-21-12-15-16-17-18(12)10-6-7-10/h1-5,10H,6-8,14H2,(H,19,20). The zero-order valence-corrected chi connectivity index (χ0v) is 12.0. The van der Waals surface area contributed by atoms with Crippen LogP contribution in [0.5, 0.6) is 0 Å². The van der Waals surface area contributed by atoms with E-state index in [1.807, 2.05) is 6.07 Å². The maximum Gasteiger partial charge on any atom is 0.329 e.